The van der Waals surface area contributed by atoms with Crippen LogP contribution in [0.5, 0.6) is 0 Å². The molecule has 0 atom stereocenters. The number of ketones is 1. The number of benzene rings is 1. The maximum Gasteiger partial charge on any atom is 0.179 e. The van der Waals surface area contributed by atoms with Gasteiger partial charge >= 0.3 is 0 Å². The Hall–Kier alpha value is -1.42. The summed E-state index contributed by atoms with van der Waals surface area (Å²) in [5.41, 5.74) is 4.05. The van der Waals surface area contributed by atoms with Crippen molar-refractivity contribution in [3.8, 4) is 11.4 Å². The van der Waals surface area contributed by atoms with Crippen molar-refractivity contribution in [3.63, 3.8) is 0 Å². The second-order valence-corrected chi connectivity index (χ2v) is 6.27. The molecule has 0 bridgehead atoms. The average Bonchev–Trinajstić information content (AvgIpc) is 2.81. The molecule has 0 saturated carbocycles. The van der Waals surface area contributed by atoms with E-state index >= 15 is 0 Å². The smallest absolute Gasteiger partial charge is 0.179 e. The summed E-state index contributed by atoms with van der Waals surface area (Å²) in [4.78, 5) is 16.5. The van der Waals surface area contributed by atoms with E-state index in [1.165, 1.54) is 5.56 Å². The highest BCUT2D eigenvalue weighted by molar-refractivity contribution is 9.10. The van der Waals surface area contributed by atoms with Gasteiger partial charge in [-0.1, -0.05) is 22.0 Å². The third kappa shape index (κ3) is 2.22. The molecule has 1 aliphatic heterocycles. The summed E-state index contributed by atoms with van der Waals surface area (Å²) in [5, 5.41) is 0. The first-order valence-corrected chi connectivity index (χ1v) is 7.74. The molecule has 0 unspecified atom stereocenters. The van der Waals surface area contributed by atoms with Gasteiger partial charge in [0.15, 0.2) is 5.78 Å². The van der Waals surface area contributed by atoms with Gasteiger partial charge in [-0.15, -0.1) is 0 Å². The van der Waals surface area contributed by atoms with Gasteiger partial charge in [0, 0.05) is 29.2 Å². The van der Waals surface area contributed by atoms with Crippen molar-refractivity contribution in [2.45, 2.75) is 39.7 Å². The van der Waals surface area contributed by atoms with Crippen molar-refractivity contribution < 1.29 is 4.79 Å². The van der Waals surface area contributed by atoms with Crippen molar-refractivity contribution in [3.05, 3.63) is 39.6 Å². The minimum absolute atomic E-state index is 0.0644. The summed E-state index contributed by atoms with van der Waals surface area (Å²) in [6.07, 6.45) is 3.25. The number of halogens is 1. The highest BCUT2D eigenvalue weighted by Gasteiger charge is 2.23. The number of hydrogen-bond donors (Lipinski definition) is 0. The summed E-state index contributed by atoms with van der Waals surface area (Å²) >= 11 is 3.52. The normalized spacial score (nSPS) is 14.2. The summed E-state index contributed by atoms with van der Waals surface area (Å²) < 4.78 is 3.27. The Bertz CT molecular complexity index is 688. The summed E-state index contributed by atoms with van der Waals surface area (Å²) in [5.74, 6) is 0.998. The molecule has 1 aliphatic rings. The number of nitrogens with zero attached hydrogens (tertiary/aromatic N) is 2. The fourth-order valence-electron chi connectivity index (χ4n) is 2.87. The lowest BCUT2D eigenvalue weighted by Crippen LogP contribution is -2.13. The molecular formula is C16H17BrN2O. The summed E-state index contributed by atoms with van der Waals surface area (Å²) in [7, 11) is 0. The van der Waals surface area contributed by atoms with Crippen LogP contribution in [0.15, 0.2) is 22.7 Å². The Morgan fingerprint density at radius 1 is 1.35 bits per heavy atom. The van der Waals surface area contributed by atoms with Crippen LogP contribution >= 0.6 is 15.9 Å². The molecule has 2 heterocycles. The lowest BCUT2D eigenvalue weighted by molar-refractivity contribution is 0.101. The highest BCUT2D eigenvalue weighted by Crippen LogP contribution is 2.31. The standard InChI is InChI=1S/C16H17BrN2O/c1-10-6-7-12(17)9-13(10)16-18-15(11(2)20)14-5-3-4-8-19(14)16/h6-7,9H,3-5,8H2,1-2H3. The van der Waals surface area contributed by atoms with E-state index in [4.69, 9.17) is 0 Å². The predicted octanol–water partition coefficient (Wildman–Crippen LogP) is 4.16. The first-order valence-electron chi connectivity index (χ1n) is 6.95. The summed E-state index contributed by atoms with van der Waals surface area (Å²) in [6, 6.07) is 6.20. The molecule has 0 radical (unpaired) electrons. The second-order valence-electron chi connectivity index (χ2n) is 5.35. The number of carbonyl (C=O) groups excluding carboxylic acids is 1. The van der Waals surface area contributed by atoms with Gasteiger partial charge in [0.2, 0.25) is 0 Å². The average molecular weight is 333 g/mol. The van der Waals surface area contributed by atoms with Gasteiger partial charge in [0.05, 0.1) is 0 Å². The van der Waals surface area contributed by atoms with Crippen LogP contribution in [-0.4, -0.2) is 15.3 Å². The van der Waals surface area contributed by atoms with Gasteiger partial charge < -0.3 is 4.57 Å². The number of imidazole rings is 1. The van der Waals surface area contributed by atoms with Crippen LogP contribution in [0.3, 0.4) is 0 Å². The van der Waals surface area contributed by atoms with E-state index in [0.717, 1.165) is 47.4 Å². The monoisotopic (exact) mass is 332 g/mol. The molecule has 20 heavy (non-hydrogen) atoms. The number of carbonyl (C=O) groups is 1. The van der Waals surface area contributed by atoms with Crippen LogP contribution in [0.2, 0.25) is 0 Å². The molecule has 3 nitrogen and oxygen atoms in total. The van der Waals surface area contributed by atoms with Gasteiger partial charge in [-0.3, -0.25) is 4.79 Å². The number of aromatic nitrogens is 2. The molecular weight excluding hydrogens is 316 g/mol. The Labute approximate surface area is 127 Å². The van der Waals surface area contributed by atoms with Crippen molar-refractivity contribution in [1.29, 1.82) is 0 Å². The van der Waals surface area contributed by atoms with Crippen LogP contribution in [-0.2, 0) is 13.0 Å². The SMILES string of the molecule is CC(=O)c1nc(-c2cc(Br)ccc2C)n2c1CCCC2. The topological polar surface area (TPSA) is 34.9 Å². The second kappa shape index (κ2) is 5.17. The molecule has 0 N–H and O–H groups in total. The minimum Gasteiger partial charge on any atom is -0.327 e. The lowest BCUT2D eigenvalue weighted by Gasteiger charge is -2.18. The largest absolute Gasteiger partial charge is 0.327 e. The van der Waals surface area contributed by atoms with E-state index in [1.807, 2.05) is 6.07 Å². The Morgan fingerprint density at radius 3 is 2.90 bits per heavy atom. The van der Waals surface area contributed by atoms with E-state index in [9.17, 15) is 4.79 Å². The number of fused-ring (bicyclic) bond motifs is 1. The molecule has 2 aromatic rings. The fourth-order valence-corrected chi connectivity index (χ4v) is 3.23. The van der Waals surface area contributed by atoms with Crippen molar-refractivity contribution in [2.24, 2.45) is 0 Å². The first kappa shape index (κ1) is 13.6. The maximum absolute atomic E-state index is 11.8. The van der Waals surface area contributed by atoms with Gasteiger partial charge in [0.25, 0.3) is 0 Å². The van der Waals surface area contributed by atoms with Crippen LogP contribution in [0, 0.1) is 6.92 Å². The van der Waals surface area contributed by atoms with Gasteiger partial charge in [-0.25, -0.2) is 4.98 Å². The zero-order valence-corrected chi connectivity index (χ0v) is 13.3. The third-order valence-corrected chi connectivity index (χ3v) is 4.39. The molecule has 4 heteroatoms. The number of Topliss-reactive ketones (excluding diaryl/α,β-unsaturated/α-hetero) is 1. The fraction of sp³-hybridized carbons (Fsp3) is 0.375. The molecule has 104 valence electrons. The molecule has 0 fully saturated rings. The predicted molar refractivity (Wildman–Crippen MR) is 83.0 cm³/mol. The maximum atomic E-state index is 11.8. The molecule has 0 saturated heterocycles. The molecule has 0 amide bonds. The third-order valence-electron chi connectivity index (χ3n) is 3.89. The molecule has 3 rings (SSSR count). The molecule has 1 aromatic heterocycles. The van der Waals surface area contributed by atoms with Crippen LogP contribution in [0.25, 0.3) is 11.4 Å². The highest BCUT2D eigenvalue weighted by atomic mass is 79.9. The van der Waals surface area contributed by atoms with Crippen molar-refractivity contribution >= 4 is 21.7 Å². The zero-order chi connectivity index (χ0) is 14.3. The lowest BCUT2D eigenvalue weighted by atomic mass is 10.1. The van der Waals surface area contributed by atoms with E-state index in [1.54, 1.807) is 6.92 Å². The van der Waals surface area contributed by atoms with Crippen LogP contribution < -0.4 is 0 Å². The zero-order valence-electron chi connectivity index (χ0n) is 11.7. The summed E-state index contributed by atoms with van der Waals surface area (Å²) in [6.45, 7) is 4.64. The van der Waals surface area contributed by atoms with E-state index in [-0.39, 0.29) is 5.78 Å². The molecule has 1 aromatic carbocycles. The minimum atomic E-state index is 0.0644. The van der Waals surface area contributed by atoms with E-state index < -0.39 is 0 Å². The van der Waals surface area contributed by atoms with E-state index in [2.05, 4.69) is 44.5 Å². The van der Waals surface area contributed by atoms with E-state index in [0.29, 0.717) is 5.69 Å². The van der Waals surface area contributed by atoms with Gasteiger partial charge in [0.1, 0.15) is 11.5 Å². The van der Waals surface area contributed by atoms with Gasteiger partial charge in [-0.05, 0) is 43.9 Å². The Balaban J connectivity index is 2.23. The molecule has 0 spiro atoms. The van der Waals surface area contributed by atoms with Crippen molar-refractivity contribution in [2.75, 3.05) is 0 Å². The first-order chi connectivity index (χ1) is 9.58. The van der Waals surface area contributed by atoms with Crippen molar-refractivity contribution in [1.82, 2.24) is 9.55 Å². The number of aryl methyl sites for hydroxylation is 1. The quantitative estimate of drug-likeness (QED) is 0.774. The molecule has 0 aliphatic carbocycles. The van der Waals surface area contributed by atoms with Crippen LogP contribution in [0.4, 0.5) is 0 Å². The number of hydrogen-bond acceptors (Lipinski definition) is 2. The van der Waals surface area contributed by atoms with Crippen LogP contribution in [0.1, 0.15) is 41.5 Å². The Morgan fingerprint density at radius 2 is 2.15 bits per heavy atom. The number of rotatable bonds is 2. The Kier molecular flexibility index (Phi) is 3.50. The van der Waals surface area contributed by atoms with Gasteiger partial charge in [-0.2, -0.15) is 0 Å².